The van der Waals surface area contributed by atoms with Gasteiger partial charge in [-0.3, -0.25) is 4.40 Å². The number of pyridine rings is 1. The van der Waals surface area contributed by atoms with Crippen LogP contribution in [0.5, 0.6) is 0 Å². The molecule has 0 saturated heterocycles. The average Bonchev–Trinajstić information content (AvgIpc) is 2.94. The molecule has 1 aromatic carbocycles. The van der Waals surface area contributed by atoms with Gasteiger partial charge in [-0.25, -0.2) is 4.98 Å². The Morgan fingerprint density at radius 3 is 2.80 bits per heavy atom. The predicted octanol–water partition coefficient (Wildman–Crippen LogP) is 3.11. The van der Waals surface area contributed by atoms with E-state index in [9.17, 15) is 0 Å². The number of nitrogens with zero attached hydrogens (tertiary/aromatic N) is 3. The van der Waals surface area contributed by atoms with E-state index in [1.165, 1.54) is 5.56 Å². The number of imidazole rings is 1. The van der Waals surface area contributed by atoms with Crippen LogP contribution in [0.25, 0.3) is 5.65 Å². The molecule has 3 aromatic rings. The Balaban J connectivity index is 1.99. The number of nitrogen functional groups attached to an aromatic ring is 1. The second-order valence-corrected chi connectivity index (χ2v) is 5.00. The van der Waals surface area contributed by atoms with E-state index < -0.39 is 0 Å². The van der Waals surface area contributed by atoms with Crippen molar-refractivity contribution in [3.63, 3.8) is 0 Å². The first-order valence-electron chi connectivity index (χ1n) is 6.67. The van der Waals surface area contributed by atoms with Crippen LogP contribution in [0, 0.1) is 0 Å². The van der Waals surface area contributed by atoms with Crippen LogP contribution in [-0.4, -0.2) is 16.4 Å². The second kappa shape index (κ2) is 4.89. The van der Waals surface area contributed by atoms with E-state index >= 15 is 0 Å². The summed E-state index contributed by atoms with van der Waals surface area (Å²) >= 11 is 0. The molecule has 4 nitrogen and oxygen atoms in total. The molecule has 0 aliphatic rings. The lowest BCUT2D eigenvalue weighted by molar-refractivity contribution is 0.724. The highest BCUT2D eigenvalue weighted by Gasteiger charge is 2.14. The molecular formula is C16H18N4. The SMILES string of the molecule is CC(c1cccc(N)c1)N(C)c1cccc2nccn12. The van der Waals surface area contributed by atoms with Crippen molar-refractivity contribution in [1.82, 2.24) is 9.38 Å². The molecule has 2 N–H and O–H groups in total. The fraction of sp³-hybridized carbons (Fsp3) is 0.188. The molecule has 2 aromatic heterocycles. The van der Waals surface area contributed by atoms with E-state index in [-0.39, 0.29) is 6.04 Å². The van der Waals surface area contributed by atoms with Crippen LogP contribution in [0.15, 0.2) is 54.9 Å². The molecule has 3 rings (SSSR count). The van der Waals surface area contributed by atoms with Crippen LogP contribution < -0.4 is 10.6 Å². The van der Waals surface area contributed by atoms with E-state index in [0.29, 0.717) is 0 Å². The minimum absolute atomic E-state index is 0.228. The molecule has 0 bridgehead atoms. The lowest BCUT2D eigenvalue weighted by Crippen LogP contribution is -2.23. The number of fused-ring (bicyclic) bond motifs is 1. The summed E-state index contributed by atoms with van der Waals surface area (Å²) in [5.74, 6) is 1.11. The molecule has 0 fully saturated rings. The maximum Gasteiger partial charge on any atom is 0.138 e. The average molecular weight is 266 g/mol. The fourth-order valence-electron chi connectivity index (χ4n) is 2.46. The second-order valence-electron chi connectivity index (χ2n) is 5.00. The van der Waals surface area contributed by atoms with Gasteiger partial charge in [0.1, 0.15) is 11.5 Å². The van der Waals surface area contributed by atoms with Gasteiger partial charge in [-0.1, -0.05) is 18.2 Å². The summed E-state index contributed by atoms with van der Waals surface area (Å²) in [6, 6.07) is 14.4. The smallest absolute Gasteiger partial charge is 0.138 e. The molecule has 0 spiro atoms. The van der Waals surface area contributed by atoms with Crippen molar-refractivity contribution in [1.29, 1.82) is 0 Å². The molecule has 0 aliphatic carbocycles. The number of nitrogens with two attached hydrogens (primary N) is 1. The van der Waals surface area contributed by atoms with E-state index in [1.807, 2.05) is 42.7 Å². The summed E-state index contributed by atoms with van der Waals surface area (Å²) in [6.07, 6.45) is 3.80. The van der Waals surface area contributed by atoms with E-state index in [2.05, 4.69) is 40.4 Å². The summed E-state index contributed by atoms with van der Waals surface area (Å²) in [7, 11) is 2.09. The largest absolute Gasteiger partial charge is 0.399 e. The van der Waals surface area contributed by atoms with E-state index in [0.717, 1.165) is 17.2 Å². The van der Waals surface area contributed by atoms with Crippen LogP contribution in [0.1, 0.15) is 18.5 Å². The van der Waals surface area contributed by atoms with Gasteiger partial charge in [0.15, 0.2) is 0 Å². The van der Waals surface area contributed by atoms with Gasteiger partial charge in [0.05, 0.1) is 6.04 Å². The lowest BCUT2D eigenvalue weighted by Gasteiger charge is -2.28. The Hall–Kier alpha value is -2.49. The van der Waals surface area contributed by atoms with Crippen LogP contribution >= 0.6 is 0 Å². The van der Waals surface area contributed by atoms with Crippen molar-refractivity contribution in [2.45, 2.75) is 13.0 Å². The van der Waals surface area contributed by atoms with Crippen molar-refractivity contribution in [2.75, 3.05) is 17.7 Å². The highest BCUT2D eigenvalue weighted by molar-refractivity contribution is 5.53. The summed E-state index contributed by atoms with van der Waals surface area (Å²) in [6.45, 7) is 2.17. The van der Waals surface area contributed by atoms with Crippen molar-refractivity contribution < 1.29 is 0 Å². The standard InChI is InChI=1S/C16H18N4/c1-12(13-5-3-6-14(17)11-13)19(2)16-8-4-7-15-18-9-10-20(15)16/h3-12H,17H2,1-2H3. The first-order chi connectivity index (χ1) is 9.66. The molecule has 4 heteroatoms. The van der Waals surface area contributed by atoms with Crippen molar-refractivity contribution in [3.05, 3.63) is 60.4 Å². The summed E-state index contributed by atoms with van der Waals surface area (Å²) < 4.78 is 2.09. The minimum atomic E-state index is 0.228. The predicted molar refractivity (Wildman–Crippen MR) is 82.9 cm³/mol. The highest BCUT2D eigenvalue weighted by atomic mass is 15.2. The third-order valence-corrected chi connectivity index (χ3v) is 3.74. The molecule has 1 atom stereocenters. The van der Waals surface area contributed by atoms with Gasteiger partial charge in [-0.05, 0) is 36.8 Å². The van der Waals surface area contributed by atoms with Crippen molar-refractivity contribution in [2.24, 2.45) is 0 Å². The maximum absolute atomic E-state index is 5.88. The molecule has 102 valence electrons. The molecule has 1 unspecified atom stereocenters. The molecule has 0 aliphatic heterocycles. The molecule has 0 saturated carbocycles. The summed E-state index contributed by atoms with van der Waals surface area (Å²) in [4.78, 5) is 6.55. The number of hydrogen-bond donors (Lipinski definition) is 1. The number of rotatable bonds is 3. The minimum Gasteiger partial charge on any atom is -0.399 e. The zero-order valence-corrected chi connectivity index (χ0v) is 11.7. The summed E-state index contributed by atoms with van der Waals surface area (Å²) in [5.41, 5.74) is 8.82. The van der Waals surface area contributed by atoms with Crippen LogP contribution in [0.4, 0.5) is 11.5 Å². The lowest BCUT2D eigenvalue weighted by atomic mass is 10.1. The maximum atomic E-state index is 5.88. The fourth-order valence-corrected chi connectivity index (χ4v) is 2.46. The monoisotopic (exact) mass is 266 g/mol. The molecular weight excluding hydrogens is 248 g/mol. The van der Waals surface area contributed by atoms with E-state index in [4.69, 9.17) is 5.73 Å². The van der Waals surface area contributed by atoms with Gasteiger partial charge in [0.25, 0.3) is 0 Å². The number of benzene rings is 1. The highest BCUT2D eigenvalue weighted by Crippen LogP contribution is 2.26. The van der Waals surface area contributed by atoms with Gasteiger partial charge in [-0.15, -0.1) is 0 Å². The van der Waals surface area contributed by atoms with Crippen LogP contribution in [0.2, 0.25) is 0 Å². The molecule has 0 radical (unpaired) electrons. The number of aromatic nitrogens is 2. The van der Waals surface area contributed by atoms with Gasteiger partial charge in [0, 0.05) is 25.1 Å². The van der Waals surface area contributed by atoms with Crippen LogP contribution in [-0.2, 0) is 0 Å². The Morgan fingerprint density at radius 2 is 2.00 bits per heavy atom. The topological polar surface area (TPSA) is 46.6 Å². The van der Waals surface area contributed by atoms with E-state index in [1.54, 1.807) is 0 Å². The number of hydrogen-bond acceptors (Lipinski definition) is 3. The molecule has 20 heavy (non-hydrogen) atoms. The van der Waals surface area contributed by atoms with Gasteiger partial charge < -0.3 is 10.6 Å². The number of anilines is 2. The van der Waals surface area contributed by atoms with Gasteiger partial charge >= 0.3 is 0 Å². The summed E-state index contributed by atoms with van der Waals surface area (Å²) in [5, 5.41) is 0. The van der Waals surface area contributed by atoms with Gasteiger partial charge in [0.2, 0.25) is 0 Å². The Labute approximate surface area is 118 Å². The van der Waals surface area contributed by atoms with Crippen molar-refractivity contribution >= 4 is 17.2 Å². The quantitative estimate of drug-likeness (QED) is 0.741. The molecule has 2 heterocycles. The Morgan fingerprint density at radius 1 is 1.20 bits per heavy atom. The Kier molecular flexibility index (Phi) is 3.06. The molecule has 0 amide bonds. The third kappa shape index (κ3) is 2.09. The zero-order chi connectivity index (χ0) is 14.1. The first-order valence-corrected chi connectivity index (χ1v) is 6.67. The first kappa shape index (κ1) is 12.5. The normalized spacial score (nSPS) is 12.5. The van der Waals surface area contributed by atoms with Crippen molar-refractivity contribution in [3.8, 4) is 0 Å². The third-order valence-electron chi connectivity index (χ3n) is 3.74. The zero-order valence-electron chi connectivity index (χ0n) is 11.7. The van der Waals surface area contributed by atoms with Gasteiger partial charge in [-0.2, -0.15) is 0 Å². The van der Waals surface area contributed by atoms with Crippen LogP contribution in [0.3, 0.4) is 0 Å². The Bertz CT molecular complexity index is 732.